The van der Waals surface area contributed by atoms with Crippen molar-refractivity contribution in [2.45, 2.75) is 29.8 Å². The van der Waals surface area contributed by atoms with E-state index in [1.807, 2.05) is 25.1 Å². The van der Waals surface area contributed by atoms with Gasteiger partial charge in [0.1, 0.15) is 22.5 Å². The minimum absolute atomic E-state index is 0.183. The standard InChI is InChI=1S/C19H24FN3O4S/c1-22(2)16(17-9-6-12-27-17)13-21-19(24)15-8-5-11-23(15)28(25,26)18-10-4-3-7-14(18)20/h3-4,6-7,9-10,12,15-16H,5,8,11,13H2,1-2H3,(H,21,24)/t15-,16-/m0/s1. The number of likely N-dealkylation sites (N-methyl/N-ethyl adjacent to an activating group) is 1. The molecule has 1 amide bonds. The molecule has 1 aromatic carbocycles. The largest absolute Gasteiger partial charge is 0.468 e. The van der Waals surface area contributed by atoms with Crippen LogP contribution in [0.2, 0.25) is 0 Å². The molecule has 0 spiro atoms. The minimum atomic E-state index is -4.09. The molecule has 7 nitrogen and oxygen atoms in total. The fourth-order valence-corrected chi connectivity index (χ4v) is 5.13. The molecule has 3 rings (SSSR count). The van der Waals surface area contributed by atoms with Crippen LogP contribution < -0.4 is 5.32 Å². The molecule has 1 saturated heterocycles. The average Bonchev–Trinajstić information content (AvgIpc) is 3.34. The van der Waals surface area contributed by atoms with Gasteiger partial charge in [-0.05, 0) is 51.2 Å². The number of amides is 1. The van der Waals surface area contributed by atoms with Crippen molar-refractivity contribution in [1.82, 2.24) is 14.5 Å². The number of carbonyl (C=O) groups excluding carboxylic acids is 1. The van der Waals surface area contributed by atoms with Crippen LogP contribution in [-0.4, -0.2) is 56.8 Å². The summed E-state index contributed by atoms with van der Waals surface area (Å²) in [5.74, 6) is -0.512. The van der Waals surface area contributed by atoms with Crippen LogP contribution in [0.4, 0.5) is 4.39 Å². The van der Waals surface area contributed by atoms with Crippen molar-refractivity contribution in [1.29, 1.82) is 0 Å². The van der Waals surface area contributed by atoms with Gasteiger partial charge >= 0.3 is 0 Å². The highest BCUT2D eigenvalue weighted by Gasteiger charge is 2.40. The highest BCUT2D eigenvalue weighted by molar-refractivity contribution is 7.89. The van der Waals surface area contributed by atoms with Crippen LogP contribution in [-0.2, 0) is 14.8 Å². The van der Waals surface area contributed by atoms with Gasteiger partial charge in [-0.1, -0.05) is 12.1 Å². The summed E-state index contributed by atoms with van der Waals surface area (Å²) in [7, 11) is -0.363. The molecule has 1 aliphatic heterocycles. The van der Waals surface area contributed by atoms with Crippen molar-refractivity contribution in [3.63, 3.8) is 0 Å². The smallest absolute Gasteiger partial charge is 0.246 e. The second-order valence-electron chi connectivity index (χ2n) is 6.94. The van der Waals surface area contributed by atoms with E-state index >= 15 is 0 Å². The van der Waals surface area contributed by atoms with Crippen LogP contribution in [0.25, 0.3) is 0 Å². The second kappa shape index (κ2) is 8.42. The van der Waals surface area contributed by atoms with Gasteiger partial charge in [0.05, 0.1) is 12.3 Å². The van der Waals surface area contributed by atoms with Crippen LogP contribution >= 0.6 is 0 Å². The molecule has 0 saturated carbocycles. The lowest BCUT2D eigenvalue weighted by atomic mass is 10.2. The molecular weight excluding hydrogens is 385 g/mol. The van der Waals surface area contributed by atoms with Crippen LogP contribution in [0, 0.1) is 5.82 Å². The SMILES string of the molecule is CN(C)[C@@H](CNC(=O)[C@@H]1CCCN1S(=O)(=O)c1ccccc1F)c1ccco1. The molecule has 9 heteroatoms. The van der Waals surface area contributed by atoms with Crippen molar-refractivity contribution >= 4 is 15.9 Å². The maximum atomic E-state index is 14.0. The first-order valence-electron chi connectivity index (χ1n) is 9.06. The molecule has 2 aromatic rings. The molecule has 1 fully saturated rings. The van der Waals surface area contributed by atoms with Crippen molar-refractivity contribution in [2.24, 2.45) is 0 Å². The number of rotatable bonds is 7. The zero-order valence-corrected chi connectivity index (χ0v) is 16.7. The van der Waals surface area contributed by atoms with Gasteiger partial charge < -0.3 is 9.73 Å². The lowest BCUT2D eigenvalue weighted by Crippen LogP contribution is -2.47. The van der Waals surface area contributed by atoms with Crippen LogP contribution in [0.15, 0.2) is 52.0 Å². The summed E-state index contributed by atoms with van der Waals surface area (Å²) >= 11 is 0. The number of carbonyl (C=O) groups is 1. The number of benzene rings is 1. The summed E-state index contributed by atoms with van der Waals surface area (Å²) in [5.41, 5.74) is 0. The number of sulfonamides is 1. The molecule has 1 aliphatic rings. The summed E-state index contributed by atoms with van der Waals surface area (Å²) < 4.78 is 46.3. The van der Waals surface area contributed by atoms with Crippen molar-refractivity contribution in [3.8, 4) is 0 Å². The molecule has 152 valence electrons. The summed E-state index contributed by atoms with van der Waals surface area (Å²) in [6.07, 6.45) is 2.50. The van der Waals surface area contributed by atoms with E-state index in [1.165, 1.54) is 18.2 Å². The van der Waals surface area contributed by atoms with Gasteiger partial charge in [-0.25, -0.2) is 12.8 Å². The van der Waals surface area contributed by atoms with E-state index in [2.05, 4.69) is 5.32 Å². The Kier molecular flexibility index (Phi) is 6.17. The number of hydrogen-bond acceptors (Lipinski definition) is 5. The number of halogens is 1. The van der Waals surface area contributed by atoms with Gasteiger partial charge in [0.25, 0.3) is 0 Å². The number of nitrogens with one attached hydrogen (secondary N) is 1. The normalized spacial score (nSPS) is 19.1. The Hall–Kier alpha value is -2.23. The van der Waals surface area contributed by atoms with Crippen LogP contribution in [0.5, 0.6) is 0 Å². The van der Waals surface area contributed by atoms with E-state index in [9.17, 15) is 17.6 Å². The third kappa shape index (κ3) is 4.11. The third-order valence-corrected chi connectivity index (χ3v) is 6.84. The van der Waals surface area contributed by atoms with Crippen LogP contribution in [0.3, 0.4) is 0 Å². The molecule has 1 N–H and O–H groups in total. The molecular formula is C19H24FN3O4S. The summed E-state index contributed by atoms with van der Waals surface area (Å²) in [5, 5.41) is 2.82. The highest BCUT2D eigenvalue weighted by Crippen LogP contribution is 2.28. The maximum absolute atomic E-state index is 14.0. The topological polar surface area (TPSA) is 82.9 Å². The summed E-state index contributed by atoms with van der Waals surface area (Å²) in [6, 6.07) is 7.76. The van der Waals surface area contributed by atoms with E-state index in [4.69, 9.17) is 4.42 Å². The molecule has 28 heavy (non-hydrogen) atoms. The monoisotopic (exact) mass is 409 g/mol. The highest BCUT2D eigenvalue weighted by atomic mass is 32.2. The van der Waals surface area contributed by atoms with Crippen LogP contribution in [0.1, 0.15) is 24.6 Å². The molecule has 2 atom stereocenters. The van der Waals surface area contributed by atoms with Crippen molar-refractivity contribution in [2.75, 3.05) is 27.2 Å². The minimum Gasteiger partial charge on any atom is -0.468 e. The molecule has 0 aliphatic carbocycles. The number of nitrogens with zero attached hydrogens (tertiary/aromatic N) is 2. The second-order valence-corrected chi connectivity index (χ2v) is 8.80. The van der Waals surface area contributed by atoms with Gasteiger partial charge in [-0.15, -0.1) is 0 Å². The quantitative estimate of drug-likeness (QED) is 0.756. The molecule has 2 heterocycles. The maximum Gasteiger partial charge on any atom is 0.246 e. The van der Waals surface area contributed by atoms with Gasteiger partial charge in [0.2, 0.25) is 15.9 Å². The summed E-state index contributed by atoms with van der Waals surface area (Å²) in [4.78, 5) is 14.3. The van der Waals surface area contributed by atoms with E-state index in [0.29, 0.717) is 18.6 Å². The molecule has 1 aromatic heterocycles. The van der Waals surface area contributed by atoms with Crippen molar-refractivity contribution in [3.05, 3.63) is 54.2 Å². The molecule has 0 radical (unpaired) electrons. The Morgan fingerprint density at radius 1 is 1.32 bits per heavy atom. The van der Waals surface area contributed by atoms with Gasteiger partial charge in [-0.3, -0.25) is 9.69 Å². The predicted octanol–water partition coefficient (Wildman–Crippen LogP) is 1.99. The van der Waals surface area contributed by atoms with Gasteiger partial charge in [0.15, 0.2) is 0 Å². The average molecular weight is 409 g/mol. The fraction of sp³-hybridized carbons (Fsp3) is 0.421. The number of hydrogen-bond donors (Lipinski definition) is 1. The Morgan fingerprint density at radius 2 is 2.07 bits per heavy atom. The Labute approximate surface area is 164 Å². The van der Waals surface area contributed by atoms with E-state index in [-0.39, 0.29) is 19.1 Å². The molecule has 0 bridgehead atoms. The number of furan rings is 1. The van der Waals surface area contributed by atoms with Gasteiger partial charge in [-0.2, -0.15) is 4.31 Å². The Morgan fingerprint density at radius 3 is 2.71 bits per heavy atom. The lowest BCUT2D eigenvalue weighted by molar-refractivity contribution is -0.124. The van der Waals surface area contributed by atoms with E-state index in [0.717, 1.165) is 10.4 Å². The summed E-state index contributed by atoms with van der Waals surface area (Å²) in [6.45, 7) is 0.452. The molecule has 0 unspecified atom stereocenters. The first kappa shape index (κ1) is 20.5. The Bertz CT molecular complexity index is 915. The van der Waals surface area contributed by atoms with Crippen molar-refractivity contribution < 1.29 is 22.0 Å². The van der Waals surface area contributed by atoms with Gasteiger partial charge in [0, 0.05) is 13.1 Å². The zero-order chi connectivity index (χ0) is 20.3. The third-order valence-electron chi connectivity index (χ3n) is 4.89. The predicted molar refractivity (Wildman–Crippen MR) is 101 cm³/mol. The fourth-order valence-electron chi connectivity index (χ4n) is 3.40. The zero-order valence-electron chi connectivity index (χ0n) is 15.8. The first-order valence-corrected chi connectivity index (χ1v) is 10.5. The Balaban J connectivity index is 1.74. The first-order chi connectivity index (χ1) is 13.3. The lowest BCUT2D eigenvalue weighted by Gasteiger charge is -2.26. The van der Waals surface area contributed by atoms with E-state index in [1.54, 1.807) is 12.3 Å². The van der Waals surface area contributed by atoms with E-state index < -0.39 is 32.7 Å².